The zero-order valence-electron chi connectivity index (χ0n) is 14.4. The van der Waals surface area contributed by atoms with Crippen LogP contribution in [0.15, 0.2) is 42.7 Å². The number of carbonyl (C=O) groups excluding carboxylic acids is 1. The first-order valence-electron chi connectivity index (χ1n) is 9.17. The predicted molar refractivity (Wildman–Crippen MR) is 92.5 cm³/mol. The number of rotatable bonds is 3. The predicted octanol–water partition coefficient (Wildman–Crippen LogP) is 3.94. The Bertz CT molecular complexity index is 863. The summed E-state index contributed by atoms with van der Waals surface area (Å²) < 4.78 is 26.6. The van der Waals surface area contributed by atoms with Crippen molar-refractivity contribution in [2.45, 2.75) is 49.0 Å². The van der Waals surface area contributed by atoms with E-state index in [1.165, 1.54) is 11.6 Å². The zero-order chi connectivity index (χ0) is 17.9. The van der Waals surface area contributed by atoms with Gasteiger partial charge in [0, 0.05) is 36.3 Å². The van der Waals surface area contributed by atoms with Crippen LogP contribution in [0.1, 0.15) is 49.1 Å². The van der Waals surface area contributed by atoms with Crippen molar-refractivity contribution >= 4 is 5.91 Å². The Kier molecular flexibility index (Phi) is 3.27. The van der Waals surface area contributed by atoms with E-state index < -0.39 is 11.6 Å². The molecule has 134 valence electrons. The van der Waals surface area contributed by atoms with Gasteiger partial charge in [-0.15, -0.1) is 0 Å². The van der Waals surface area contributed by atoms with E-state index in [0.29, 0.717) is 13.0 Å². The molecule has 1 amide bonds. The Labute approximate surface area is 151 Å². The molecule has 2 heterocycles. The number of piperidine rings is 1. The minimum absolute atomic E-state index is 0.0182. The van der Waals surface area contributed by atoms with Gasteiger partial charge in [0.15, 0.2) is 11.6 Å². The second-order valence-corrected chi connectivity index (χ2v) is 8.18. The van der Waals surface area contributed by atoms with Crippen molar-refractivity contribution < 1.29 is 13.6 Å². The molecule has 4 aliphatic rings. The highest BCUT2D eigenvalue weighted by Crippen LogP contribution is 2.70. The molecule has 3 aliphatic carbocycles. The fourth-order valence-electron chi connectivity index (χ4n) is 5.42. The van der Waals surface area contributed by atoms with Crippen LogP contribution in [0.5, 0.6) is 0 Å². The maximum absolute atomic E-state index is 13.5. The van der Waals surface area contributed by atoms with E-state index in [0.717, 1.165) is 37.3 Å². The first kappa shape index (κ1) is 15.9. The molecular weight excluding hydrogens is 334 g/mol. The molecule has 0 spiro atoms. The monoisotopic (exact) mass is 354 g/mol. The number of nitrogens with zero attached hydrogens (tertiary/aromatic N) is 2. The van der Waals surface area contributed by atoms with E-state index in [2.05, 4.69) is 22.0 Å². The lowest BCUT2D eigenvalue weighted by molar-refractivity contribution is -0.189. The van der Waals surface area contributed by atoms with Crippen LogP contribution < -0.4 is 0 Å². The number of amides is 1. The maximum Gasteiger partial charge on any atom is 0.223 e. The molecule has 2 bridgehead atoms. The van der Waals surface area contributed by atoms with Gasteiger partial charge < -0.3 is 4.90 Å². The van der Waals surface area contributed by atoms with Gasteiger partial charge in [-0.05, 0) is 67.0 Å². The van der Waals surface area contributed by atoms with Crippen LogP contribution in [0.2, 0.25) is 0 Å². The number of benzene rings is 1. The molecule has 3 saturated carbocycles. The Hall–Kier alpha value is -2.30. The topological polar surface area (TPSA) is 33.2 Å². The quantitative estimate of drug-likeness (QED) is 0.836. The zero-order valence-corrected chi connectivity index (χ0v) is 14.4. The minimum atomic E-state index is -0.840. The molecule has 6 rings (SSSR count). The van der Waals surface area contributed by atoms with Gasteiger partial charge in [-0.25, -0.2) is 8.78 Å². The number of hydrogen-bond acceptors (Lipinski definition) is 2. The Balaban J connectivity index is 1.27. The van der Waals surface area contributed by atoms with Gasteiger partial charge in [-0.2, -0.15) is 0 Å². The lowest BCUT2D eigenvalue weighted by Gasteiger charge is -2.74. The Morgan fingerprint density at radius 2 is 1.77 bits per heavy atom. The number of hydrogen-bond donors (Lipinski definition) is 0. The highest BCUT2D eigenvalue weighted by molar-refractivity contribution is 5.80. The van der Waals surface area contributed by atoms with Gasteiger partial charge in [0.25, 0.3) is 0 Å². The number of pyridine rings is 1. The third-order valence-electron chi connectivity index (χ3n) is 6.71. The van der Waals surface area contributed by atoms with Crippen molar-refractivity contribution in [1.29, 1.82) is 0 Å². The summed E-state index contributed by atoms with van der Waals surface area (Å²) in [4.78, 5) is 18.9. The molecule has 0 radical (unpaired) electrons. The molecule has 5 heteroatoms. The number of carbonyl (C=O) groups is 1. The van der Waals surface area contributed by atoms with Crippen molar-refractivity contribution in [3.8, 4) is 0 Å². The molecular formula is C21H20F2N2O. The third kappa shape index (κ3) is 2.15. The van der Waals surface area contributed by atoms with Crippen molar-refractivity contribution in [2.24, 2.45) is 0 Å². The molecule has 26 heavy (non-hydrogen) atoms. The summed E-state index contributed by atoms with van der Waals surface area (Å²) in [5.41, 5.74) is 2.32. The Morgan fingerprint density at radius 1 is 1.04 bits per heavy atom. The molecule has 1 aromatic heterocycles. The maximum atomic E-state index is 13.5. The molecule has 1 aromatic carbocycles. The summed E-state index contributed by atoms with van der Waals surface area (Å²) in [6, 6.07) is 8.16. The van der Waals surface area contributed by atoms with E-state index in [-0.39, 0.29) is 22.8 Å². The summed E-state index contributed by atoms with van der Waals surface area (Å²) in [7, 11) is 0. The molecule has 1 unspecified atom stereocenters. The average molecular weight is 354 g/mol. The molecule has 1 atom stereocenters. The van der Waals surface area contributed by atoms with Crippen LogP contribution in [0, 0.1) is 11.6 Å². The Morgan fingerprint density at radius 3 is 2.42 bits per heavy atom. The highest BCUT2D eigenvalue weighted by atomic mass is 19.2. The van der Waals surface area contributed by atoms with E-state index in [4.69, 9.17) is 0 Å². The summed E-state index contributed by atoms with van der Waals surface area (Å²) in [5.74, 6) is -1.55. The SMILES string of the molecule is O=C1CC(c2ccc(F)c(F)c2)CCN1C12CC(c3ccncc3)(C1)C2. The van der Waals surface area contributed by atoms with Gasteiger partial charge in [0.1, 0.15) is 0 Å². The summed E-state index contributed by atoms with van der Waals surface area (Å²) in [5, 5.41) is 0. The van der Waals surface area contributed by atoms with Gasteiger partial charge >= 0.3 is 0 Å². The second kappa shape index (κ2) is 5.35. The van der Waals surface area contributed by atoms with Crippen LogP contribution in [-0.4, -0.2) is 27.9 Å². The van der Waals surface area contributed by atoms with Crippen molar-refractivity contribution in [3.63, 3.8) is 0 Å². The first-order chi connectivity index (χ1) is 12.5. The normalized spacial score (nSPS) is 32.8. The van der Waals surface area contributed by atoms with Gasteiger partial charge in [-0.1, -0.05) is 6.07 Å². The van der Waals surface area contributed by atoms with Crippen molar-refractivity contribution in [3.05, 3.63) is 65.5 Å². The van der Waals surface area contributed by atoms with Crippen molar-refractivity contribution in [1.82, 2.24) is 9.88 Å². The number of aromatic nitrogens is 1. The fraction of sp³-hybridized carbons (Fsp3) is 0.429. The molecule has 1 aliphatic heterocycles. The summed E-state index contributed by atoms with van der Waals surface area (Å²) >= 11 is 0. The van der Waals surface area contributed by atoms with Crippen LogP contribution in [0.3, 0.4) is 0 Å². The van der Waals surface area contributed by atoms with Gasteiger partial charge in [0.2, 0.25) is 5.91 Å². The first-order valence-corrected chi connectivity index (χ1v) is 9.17. The molecule has 1 saturated heterocycles. The number of halogens is 2. The smallest absolute Gasteiger partial charge is 0.223 e. The standard InChI is InChI=1S/C21H20F2N2O/c22-17-2-1-14(9-18(17)23)15-5-8-25(19(26)10-15)21-11-20(12-21,13-21)16-3-6-24-7-4-16/h1-4,6-7,9,15H,5,8,10-13H2. The van der Waals surface area contributed by atoms with Crippen LogP contribution in [0.25, 0.3) is 0 Å². The molecule has 2 aromatic rings. The van der Waals surface area contributed by atoms with Crippen LogP contribution >= 0.6 is 0 Å². The van der Waals surface area contributed by atoms with E-state index in [9.17, 15) is 13.6 Å². The van der Waals surface area contributed by atoms with E-state index >= 15 is 0 Å². The third-order valence-corrected chi connectivity index (χ3v) is 6.71. The second-order valence-electron chi connectivity index (χ2n) is 8.18. The lowest BCUT2D eigenvalue weighted by Crippen LogP contribution is -2.78. The van der Waals surface area contributed by atoms with Gasteiger partial charge in [-0.3, -0.25) is 9.78 Å². The van der Waals surface area contributed by atoms with E-state index in [1.54, 1.807) is 6.07 Å². The largest absolute Gasteiger partial charge is 0.337 e. The highest BCUT2D eigenvalue weighted by Gasteiger charge is 2.71. The summed E-state index contributed by atoms with van der Waals surface area (Å²) in [6.07, 6.45) is 7.96. The van der Waals surface area contributed by atoms with E-state index in [1.807, 2.05) is 12.4 Å². The fourth-order valence-corrected chi connectivity index (χ4v) is 5.42. The molecule has 3 nitrogen and oxygen atoms in total. The van der Waals surface area contributed by atoms with Crippen molar-refractivity contribution in [2.75, 3.05) is 6.54 Å². The van der Waals surface area contributed by atoms with Crippen LogP contribution in [0.4, 0.5) is 8.78 Å². The lowest BCUT2D eigenvalue weighted by atomic mass is 9.37. The van der Waals surface area contributed by atoms with Gasteiger partial charge in [0.05, 0.1) is 0 Å². The molecule has 4 fully saturated rings. The summed E-state index contributed by atoms with van der Waals surface area (Å²) in [6.45, 7) is 0.703. The molecule has 0 N–H and O–H groups in total. The average Bonchev–Trinajstić information content (AvgIpc) is 2.57. The number of likely N-dealkylation sites (tertiary alicyclic amines) is 1. The minimum Gasteiger partial charge on any atom is -0.337 e. The van der Waals surface area contributed by atoms with Crippen LogP contribution in [-0.2, 0) is 10.2 Å².